The summed E-state index contributed by atoms with van der Waals surface area (Å²) in [5, 5.41) is 21.8. The topological polar surface area (TPSA) is 96.0 Å². The van der Waals surface area contributed by atoms with Gasteiger partial charge in [-0.25, -0.2) is 0 Å². The Labute approximate surface area is 112 Å². The molecule has 0 aromatic heterocycles. The molecule has 1 unspecified atom stereocenters. The van der Waals surface area contributed by atoms with Crippen molar-refractivity contribution in [1.82, 2.24) is 5.32 Å². The van der Waals surface area contributed by atoms with Gasteiger partial charge in [0.05, 0.1) is 22.5 Å². The molecule has 0 aliphatic heterocycles. The van der Waals surface area contributed by atoms with Crippen LogP contribution in [0.5, 0.6) is 0 Å². The summed E-state index contributed by atoms with van der Waals surface area (Å²) in [6.45, 7) is 1.87. The average molecular weight is 312 g/mol. The van der Waals surface area contributed by atoms with Gasteiger partial charge in [0.15, 0.2) is 0 Å². The maximum Gasteiger partial charge on any atom is 0.284 e. The van der Waals surface area contributed by atoms with E-state index in [4.69, 9.17) is 5.26 Å². The van der Waals surface area contributed by atoms with Gasteiger partial charge in [-0.1, -0.05) is 6.07 Å². The highest BCUT2D eigenvalue weighted by atomic mass is 79.9. The lowest BCUT2D eigenvalue weighted by atomic mass is 10.1. The Kier molecular flexibility index (Phi) is 4.80. The van der Waals surface area contributed by atoms with Crippen LogP contribution in [0.25, 0.3) is 0 Å². The lowest BCUT2D eigenvalue weighted by Crippen LogP contribution is -2.28. The molecule has 0 aliphatic carbocycles. The third-order valence-corrected chi connectivity index (χ3v) is 3.04. The third-order valence-electron chi connectivity index (χ3n) is 2.21. The zero-order valence-electron chi connectivity index (χ0n) is 9.51. The molecule has 18 heavy (non-hydrogen) atoms. The minimum absolute atomic E-state index is 0.136. The zero-order chi connectivity index (χ0) is 13.7. The first-order chi connectivity index (χ1) is 8.47. The van der Waals surface area contributed by atoms with Gasteiger partial charge in [0, 0.05) is 12.6 Å². The van der Waals surface area contributed by atoms with Gasteiger partial charge in [0.1, 0.15) is 4.47 Å². The first kappa shape index (κ1) is 14.1. The Morgan fingerprint density at radius 1 is 1.67 bits per heavy atom. The molecule has 1 amide bonds. The fourth-order valence-electron chi connectivity index (χ4n) is 1.22. The van der Waals surface area contributed by atoms with Crippen LogP contribution in [0.15, 0.2) is 22.7 Å². The van der Waals surface area contributed by atoms with Crippen LogP contribution >= 0.6 is 15.9 Å². The highest BCUT2D eigenvalue weighted by molar-refractivity contribution is 9.10. The van der Waals surface area contributed by atoms with Crippen molar-refractivity contribution in [3.63, 3.8) is 0 Å². The maximum atomic E-state index is 11.8. The number of nitro groups is 1. The zero-order valence-corrected chi connectivity index (χ0v) is 11.1. The SMILES string of the molecule is CC(C#N)CNC(=O)c1cccc([N+](=O)[O-])c1Br. The normalized spacial score (nSPS) is 11.4. The molecule has 0 radical (unpaired) electrons. The predicted molar refractivity (Wildman–Crippen MR) is 67.9 cm³/mol. The van der Waals surface area contributed by atoms with Gasteiger partial charge in [0.2, 0.25) is 0 Å². The van der Waals surface area contributed by atoms with Crippen molar-refractivity contribution < 1.29 is 9.72 Å². The van der Waals surface area contributed by atoms with Crippen LogP contribution in [-0.2, 0) is 0 Å². The number of halogens is 1. The Balaban J connectivity index is 2.91. The van der Waals surface area contributed by atoms with Crippen molar-refractivity contribution in [1.29, 1.82) is 5.26 Å². The van der Waals surface area contributed by atoms with Gasteiger partial charge in [-0.3, -0.25) is 14.9 Å². The van der Waals surface area contributed by atoms with Crippen molar-refractivity contribution in [3.8, 4) is 6.07 Å². The summed E-state index contributed by atoms with van der Waals surface area (Å²) in [5.41, 5.74) is 0.00493. The van der Waals surface area contributed by atoms with E-state index in [2.05, 4.69) is 21.2 Å². The number of carbonyl (C=O) groups is 1. The van der Waals surface area contributed by atoms with E-state index in [1.807, 2.05) is 6.07 Å². The number of nitro benzene ring substituents is 1. The Morgan fingerprint density at radius 2 is 2.33 bits per heavy atom. The molecule has 1 N–H and O–H groups in total. The molecule has 94 valence electrons. The van der Waals surface area contributed by atoms with E-state index < -0.39 is 10.8 Å². The van der Waals surface area contributed by atoms with Crippen molar-refractivity contribution in [3.05, 3.63) is 38.3 Å². The van der Waals surface area contributed by atoms with Gasteiger partial charge < -0.3 is 5.32 Å². The fourth-order valence-corrected chi connectivity index (χ4v) is 1.81. The molecule has 1 aromatic rings. The van der Waals surface area contributed by atoms with Gasteiger partial charge in [-0.05, 0) is 28.9 Å². The molecular weight excluding hydrogens is 302 g/mol. The highest BCUT2D eigenvalue weighted by Gasteiger charge is 2.19. The van der Waals surface area contributed by atoms with Gasteiger partial charge in [-0.2, -0.15) is 5.26 Å². The molecule has 0 saturated heterocycles. The van der Waals surface area contributed by atoms with Crippen LogP contribution in [0.4, 0.5) is 5.69 Å². The number of benzene rings is 1. The molecule has 1 atom stereocenters. The van der Waals surface area contributed by atoms with E-state index in [0.717, 1.165) is 0 Å². The number of amides is 1. The number of carbonyl (C=O) groups excluding carboxylic acids is 1. The van der Waals surface area contributed by atoms with Gasteiger partial charge in [0.25, 0.3) is 11.6 Å². The Bertz CT molecular complexity index is 525. The van der Waals surface area contributed by atoms with Crippen LogP contribution < -0.4 is 5.32 Å². The second-order valence-electron chi connectivity index (χ2n) is 3.64. The summed E-state index contributed by atoms with van der Waals surface area (Å²) in [6.07, 6.45) is 0. The van der Waals surface area contributed by atoms with Gasteiger partial charge >= 0.3 is 0 Å². The number of rotatable bonds is 4. The van der Waals surface area contributed by atoms with Crippen molar-refractivity contribution >= 4 is 27.5 Å². The second kappa shape index (κ2) is 6.12. The van der Waals surface area contributed by atoms with E-state index in [-0.39, 0.29) is 28.2 Å². The van der Waals surface area contributed by atoms with Crippen molar-refractivity contribution in [2.45, 2.75) is 6.92 Å². The quantitative estimate of drug-likeness (QED) is 0.681. The highest BCUT2D eigenvalue weighted by Crippen LogP contribution is 2.28. The van der Waals surface area contributed by atoms with Crippen LogP contribution in [0.1, 0.15) is 17.3 Å². The average Bonchev–Trinajstić information content (AvgIpc) is 2.35. The third kappa shape index (κ3) is 3.28. The fraction of sp³-hybridized carbons (Fsp3) is 0.273. The molecular formula is C11H10BrN3O3. The van der Waals surface area contributed by atoms with Crippen LogP contribution in [0, 0.1) is 27.4 Å². The summed E-state index contributed by atoms with van der Waals surface area (Å²) in [5.74, 6) is -0.765. The molecule has 0 spiro atoms. The van der Waals surface area contributed by atoms with Gasteiger partial charge in [-0.15, -0.1) is 0 Å². The number of hydrogen-bond donors (Lipinski definition) is 1. The summed E-state index contributed by atoms with van der Waals surface area (Å²) in [4.78, 5) is 21.9. The number of nitrogens with zero attached hydrogens (tertiary/aromatic N) is 2. The first-order valence-electron chi connectivity index (χ1n) is 5.08. The van der Waals surface area contributed by atoms with E-state index in [1.54, 1.807) is 6.92 Å². The van der Waals surface area contributed by atoms with E-state index in [9.17, 15) is 14.9 Å². The molecule has 1 rings (SSSR count). The molecule has 0 fully saturated rings. The van der Waals surface area contributed by atoms with Crippen LogP contribution in [0.2, 0.25) is 0 Å². The molecule has 6 nitrogen and oxygen atoms in total. The maximum absolute atomic E-state index is 11.8. The molecule has 0 bridgehead atoms. The molecule has 0 saturated carbocycles. The van der Waals surface area contributed by atoms with E-state index in [1.165, 1.54) is 18.2 Å². The van der Waals surface area contributed by atoms with Crippen LogP contribution in [0.3, 0.4) is 0 Å². The summed E-state index contributed by atoms with van der Waals surface area (Å²) in [7, 11) is 0. The standard InChI is InChI=1S/C11H10BrN3O3/c1-7(5-13)6-14-11(16)8-3-2-4-9(10(8)12)15(17)18/h2-4,7H,6H2,1H3,(H,14,16). The second-order valence-corrected chi connectivity index (χ2v) is 4.43. The summed E-state index contributed by atoms with van der Waals surface area (Å²) in [6, 6.07) is 6.20. The summed E-state index contributed by atoms with van der Waals surface area (Å²) >= 11 is 3.04. The Morgan fingerprint density at radius 3 is 2.89 bits per heavy atom. The molecule has 7 heteroatoms. The van der Waals surface area contributed by atoms with E-state index >= 15 is 0 Å². The lowest BCUT2D eigenvalue weighted by molar-refractivity contribution is -0.385. The number of nitriles is 1. The largest absolute Gasteiger partial charge is 0.351 e. The smallest absolute Gasteiger partial charge is 0.284 e. The number of nitrogens with one attached hydrogen (secondary N) is 1. The Hall–Kier alpha value is -1.94. The number of hydrogen-bond acceptors (Lipinski definition) is 4. The predicted octanol–water partition coefficient (Wildman–Crippen LogP) is 2.25. The van der Waals surface area contributed by atoms with Crippen molar-refractivity contribution in [2.75, 3.05) is 6.54 Å². The first-order valence-corrected chi connectivity index (χ1v) is 5.87. The minimum atomic E-state index is -0.571. The van der Waals surface area contributed by atoms with Crippen LogP contribution in [-0.4, -0.2) is 17.4 Å². The molecule has 0 heterocycles. The molecule has 1 aromatic carbocycles. The lowest BCUT2D eigenvalue weighted by Gasteiger charge is -2.07. The summed E-state index contributed by atoms with van der Waals surface area (Å²) < 4.78 is 0.136. The molecule has 0 aliphatic rings. The van der Waals surface area contributed by atoms with E-state index in [0.29, 0.717) is 0 Å². The monoisotopic (exact) mass is 311 g/mol. The minimum Gasteiger partial charge on any atom is -0.351 e. The van der Waals surface area contributed by atoms with Crippen molar-refractivity contribution in [2.24, 2.45) is 5.92 Å².